The first-order valence-electron chi connectivity index (χ1n) is 11.9. The Morgan fingerprint density at radius 1 is 0.343 bits per heavy atom. The van der Waals surface area contributed by atoms with E-state index < -0.39 is 0 Å². The molecule has 8 rings (SSSR count). The molecule has 0 aromatic heterocycles. The molecule has 0 fully saturated rings. The van der Waals surface area contributed by atoms with Crippen molar-refractivity contribution in [3.8, 4) is 11.5 Å². The van der Waals surface area contributed by atoms with Crippen molar-refractivity contribution in [3.63, 3.8) is 0 Å². The van der Waals surface area contributed by atoms with Crippen LogP contribution in [0.15, 0.2) is 109 Å². The van der Waals surface area contributed by atoms with E-state index in [1.807, 2.05) is 0 Å². The van der Waals surface area contributed by atoms with Crippen molar-refractivity contribution in [2.45, 2.75) is 0 Å². The zero-order chi connectivity index (χ0) is 22.9. The zero-order valence-corrected chi connectivity index (χ0v) is 18.9. The topological polar surface area (TPSA) is 18.5 Å². The molecule has 0 radical (unpaired) electrons. The van der Waals surface area contributed by atoms with Gasteiger partial charge < -0.3 is 9.31 Å². The van der Waals surface area contributed by atoms with Crippen molar-refractivity contribution in [2.24, 2.45) is 0 Å². The second kappa shape index (κ2) is 7.00. The van der Waals surface area contributed by atoms with Crippen LogP contribution in [-0.4, -0.2) is 7.69 Å². The van der Waals surface area contributed by atoms with E-state index in [1.165, 1.54) is 64.6 Å². The number of hydrogen-bond acceptors (Lipinski definition) is 2. The summed E-state index contributed by atoms with van der Waals surface area (Å²) in [4.78, 5) is 0. The van der Waals surface area contributed by atoms with Crippen LogP contribution < -0.4 is 9.31 Å². The lowest BCUT2D eigenvalue weighted by Gasteiger charge is -2.14. The van der Waals surface area contributed by atoms with Crippen LogP contribution >= 0.6 is 0 Å². The molecule has 0 spiro atoms. The Balaban J connectivity index is 1.13. The first-order valence-corrected chi connectivity index (χ1v) is 11.9. The highest BCUT2D eigenvalue weighted by Crippen LogP contribution is 2.38. The first-order chi connectivity index (χ1) is 17.3. The third-order valence-electron chi connectivity index (χ3n) is 7.32. The van der Waals surface area contributed by atoms with Crippen molar-refractivity contribution in [3.05, 3.63) is 109 Å². The molecule has 0 saturated heterocycles. The van der Waals surface area contributed by atoms with E-state index in [2.05, 4.69) is 109 Å². The van der Waals surface area contributed by atoms with Crippen molar-refractivity contribution >= 4 is 72.3 Å². The van der Waals surface area contributed by atoms with E-state index >= 15 is 0 Å². The van der Waals surface area contributed by atoms with Crippen LogP contribution in [0.2, 0.25) is 0 Å². The summed E-state index contributed by atoms with van der Waals surface area (Å²) in [5, 5.41) is 15.0. The molecular weight excluding hydrogens is 427 g/mol. The molecule has 0 aliphatic carbocycles. The summed E-state index contributed by atoms with van der Waals surface area (Å²) in [7, 11) is 0.154. The zero-order valence-electron chi connectivity index (χ0n) is 18.9. The van der Waals surface area contributed by atoms with Gasteiger partial charge in [-0.05, 0) is 88.9 Å². The van der Waals surface area contributed by atoms with E-state index in [0.717, 1.165) is 11.5 Å². The average molecular weight is 446 g/mol. The molecule has 0 N–H and O–H groups in total. The predicted molar refractivity (Wildman–Crippen MR) is 149 cm³/mol. The largest absolute Gasteiger partial charge is 0.576 e. The minimum Gasteiger partial charge on any atom is -0.528 e. The van der Waals surface area contributed by atoms with E-state index in [-0.39, 0.29) is 7.69 Å². The monoisotopic (exact) mass is 446 g/mol. The van der Waals surface area contributed by atoms with Crippen LogP contribution in [0.25, 0.3) is 64.6 Å². The van der Waals surface area contributed by atoms with Gasteiger partial charge in [0.15, 0.2) is 0 Å². The summed E-state index contributed by atoms with van der Waals surface area (Å²) < 4.78 is 12.2. The van der Waals surface area contributed by atoms with Crippen LogP contribution in [-0.2, 0) is 0 Å². The van der Waals surface area contributed by atoms with Gasteiger partial charge in [0, 0.05) is 0 Å². The Morgan fingerprint density at radius 3 is 0.971 bits per heavy atom. The predicted octanol–water partition coefficient (Wildman–Crippen LogP) is 8.21. The lowest BCUT2D eigenvalue weighted by molar-refractivity contribution is 0.460. The highest BCUT2D eigenvalue weighted by atomic mass is 16.6. The normalized spacial score (nSPS) is 12.0. The van der Waals surface area contributed by atoms with Gasteiger partial charge in [-0.1, -0.05) is 84.9 Å². The fourth-order valence-corrected chi connectivity index (χ4v) is 5.78. The van der Waals surface area contributed by atoms with Gasteiger partial charge in [-0.2, -0.15) is 0 Å². The van der Waals surface area contributed by atoms with E-state index in [0.29, 0.717) is 0 Å². The van der Waals surface area contributed by atoms with Gasteiger partial charge in [-0.25, -0.2) is 0 Å². The van der Waals surface area contributed by atoms with E-state index in [4.69, 9.17) is 9.31 Å². The second-order valence-electron chi connectivity index (χ2n) is 9.32. The van der Waals surface area contributed by atoms with Gasteiger partial charge in [0.05, 0.1) is 0 Å². The molecule has 8 aromatic rings. The standard InChI is InChI=1S/C32H19BO2/c1-3-19-7-11-23-15-27(16-24-12-8-20(4-1)29(19)31(23)24)34-33-35-28-17-25-13-9-21-5-2-6-22-10-14-26(18-28)32(25)30(21)22/h1-18,33H. The lowest BCUT2D eigenvalue weighted by atomic mass is 9.94. The number of benzene rings is 8. The first kappa shape index (κ1) is 18.9. The maximum Gasteiger partial charge on any atom is 0.576 e. The van der Waals surface area contributed by atoms with Gasteiger partial charge in [0.1, 0.15) is 11.5 Å². The summed E-state index contributed by atoms with van der Waals surface area (Å²) >= 11 is 0. The minimum absolute atomic E-state index is 0.154. The second-order valence-corrected chi connectivity index (χ2v) is 9.32. The molecule has 3 heteroatoms. The van der Waals surface area contributed by atoms with Gasteiger partial charge in [0.25, 0.3) is 0 Å². The van der Waals surface area contributed by atoms with Crippen LogP contribution in [0.1, 0.15) is 0 Å². The Bertz CT molecular complexity index is 1770. The highest BCUT2D eigenvalue weighted by Gasteiger charge is 2.12. The van der Waals surface area contributed by atoms with Gasteiger partial charge >= 0.3 is 7.69 Å². The summed E-state index contributed by atoms with van der Waals surface area (Å²) in [6, 6.07) is 38.8. The Morgan fingerprint density at radius 2 is 0.629 bits per heavy atom. The number of hydrogen-bond donors (Lipinski definition) is 0. The molecule has 0 bridgehead atoms. The molecule has 8 aromatic carbocycles. The molecule has 162 valence electrons. The van der Waals surface area contributed by atoms with Crippen LogP contribution in [0.5, 0.6) is 11.5 Å². The Labute approximate surface area is 202 Å². The molecule has 35 heavy (non-hydrogen) atoms. The Hall–Kier alpha value is -4.50. The summed E-state index contributed by atoms with van der Waals surface area (Å²) in [5.74, 6) is 1.63. The molecule has 0 aliphatic rings. The lowest BCUT2D eigenvalue weighted by Crippen LogP contribution is -2.11. The van der Waals surface area contributed by atoms with Gasteiger partial charge in [-0.3, -0.25) is 0 Å². The molecule has 0 amide bonds. The van der Waals surface area contributed by atoms with E-state index in [1.54, 1.807) is 0 Å². The summed E-state index contributed by atoms with van der Waals surface area (Å²) in [5.41, 5.74) is 0. The fourth-order valence-electron chi connectivity index (χ4n) is 5.78. The molecule has 0 unspecified atom stereocenters. The van der Waals surface area contributed by atoms with Gasteiger partial charge in [-0.15, -0.1) is 0 Å². The van der Waals surface area contributed by atoms with Crippen LogP contribution in [0, 0.1) is 0 Å². The summed E-state index contributed by atoms with van der Waals surface area (Å²) in [6.45, 7) is 0. The average Bonchev–Trinajstić information content (AvgIpc) is 2.90. The number of rotatable bonds is 4. The van der Waals surface area contributed by atoms with E-state index in [9.17, 15) is 0 Å². The van der Waals surface area contributed by atoms with Crippen LogP contribution in [0.3, 0.4) is 0 Å². The molecule has 0 heterocycles. The quantitative estimate of drug-likeness (QED) is 0.200. The highest BCUT2D eigenvalue weighted by molar-refractivity contribution is 6.26. The summed E-state index contributed by atoms with van der Waals surface area (Å²) in [6.07, 6.45) is 0. The molecule has 0 saturated carbocycles. The van der Waals surface area contributed by atoms with Crippen molar-refractivity contribution in [2.75, 3.05) is 0 Å². The van der Waals surface area contributed by atoms with Crippen LogP contribution in [0.4, 0.5) is 0 Å². The molecule has 2 nitrogen and oxygen atoms in total. The maximum atomic E-state index is 6.09. The molecule has 0 atom stereocenters. The minimum atomic E-state index is 0.154. The Kier molecular flexibility index (Phi) is 3.78. The smallest absolute Gasteiger partial charge is 0.528 e. The third kappa shape index (κ3) is 2.79. The molecule has 0 aliphatic heterocycles. The van der Waals surface area contributed by atoms with Crippen molar-refractivity contribution in [1.82, 2.24) is 0 Å². The maximum absolute atomic E-state index is 6.09. The van der Waals surface area contributed by atoms with Crippen molar-refractivity contribution < 1.29 is 9.31 Å². The van der Waals surface area contributed by atoms with Crippen molar-refractivity contribution in [1.29, 1.82) is 0 Å². The fraction of sp³-hybridized carbons (Fsp3) is 0. The third-order valence-corrected chi connectivity index (χ3v) is 7.32. The SMILES string of the molecule is B(Oc1cc2ccc3cccc4ccc(c1)c2c34)Oc1cc2ccc3cccc4ccc(c1)c2c34. The van der Waals surface area contributed by atoms with Gasteiger partial charge in [0.2, 0.25) is 0 Å². The molecular formula is C32H19BO2.